The minimum Gasteiger partial charge on any atom is -0.347 e. The summed E-state index contributed by atoms with van der Waals surface area (Å²) in [4.78, 5) is 28.2. The third-order valence-corrected chi connectivity index (χ3v) is 6.22. The van der Waals surface area contributed by atoms with Crippen molar-refractivity contribution in [1.82, 2.24) is 10.2 Å². The third-order valence-electron chi connectivity index (χ3n) is 4.96. The molecule has 9 heteroatoms. The van der Waals surface area contributed by atoms with E-state index < -0.39 is 0 Å². The molecule has 0 aliphatic carbocycles. The Morgan fingerprint density at radius 2 is 1.81 bits per heavy atom. The number of benzene rings is 1. The molecule has 0 saturated carbocycles. The zero-order chi connectivity index (χ0) is 18.8. The quantitative estimate of drug-likeness (QED) is 0.845. The van der Waals surface area contributed by atoms with Crippen LogP contribution in [0.3, 0.4) is 0 Å². The van der Waals surface area contributed by atoms with Crippen LogP contribution in [0.5, 0.6) is 0 Å². The second-order valence-corrected chi connectivity index (χ2v) is 8.14. The van der Waals surface area contributed by atoms with E-state index in [1.807, 2.05) is 0 Å². The summed E-state index contributed by atoms with van der Waals surface area (Å²) in [5.74, 6) is 0.136. The molecule has 2 fully saturated rings. The van der Waals surface area contributed by atoms with Crippen LogP contribution in [-0.4, -0.2) is 41.6 Å². The minimum absolute atomic E-state index is 0.0236. The maximum absolute atomic E-state index is 12.5. The molecule has 3 heterocycles. The van der Waals surface area contributed by atoms with E-state index in [1.54, 1.807) is 29.2 Å². The molecule has 4 rings (SSSR count). The van der Waals surface area contributed by atoms with Crippen molar-refractivity contribution in [3.8, 4) is 0 Å². The Morgan fingerprint density at radius 1 is 1.11 bits per heavy atom. The fraction of sp³-hybridized carbons (Fsp3) is 0.444. The van der Waals surface area contributed by atoms with Crippen LogP contribution < -0.4 is 15.1 Å². The van der Waals surface area contributed by atoms with Gasteiger partial charge in [-0.15, -0.1) is 10.2 Å². The first-order chi connectivity index (χ1) is 13.1. The third kappa shape index (κ3) is 4.06. The van der Waals surface area contributed by atoms with Crippen LogP contribution in [0.4, 0.5) is 16.0 Å². The van der Waals surface area contributed by atoms with Crippen molar-refractivity contribution in [2.75, 3.05) is 34.8 Å². The van der Waals surface area contributed by atoms with E-state index in [-0.39, 0.29) is 17.7 Å². The molecule has 0 bridgehead atoms. The van der Waals surface area contributed by atoms with Gasteiger partial charge in [-0.3, -0.25) is 14.5 Å². The van der Waals surface area contributed by atoms with Crippen molar-refractivity contribution in [2.45, 2.75) is 25.7 Å². The van der Waals surface area contributed by atoms with E-state index >= 15 is 0 Å². The lowest BCUT2D eigenvalue weighted by molar-refractivity contribution is -0.120. The van der Waals surface area contributed by atoms with E-state index in [9.17, 15) is 9.59 Å². The monoisotopic (exact) mass is 405 g/mol. The van der Waals surface area contributed by atoms with E-state index in [0.29, 0.717) is 16.6 Å². The Hall–Kier alpha value is -2.19. The number of hydrogen-bond acceptors (Lipinski definition) is 6. The van der Waals surface area contributed by atoms with Gasteiger partial charge in [-0.2, -0.15) is 0 Å². The van der Waals surface area contributed by atoms with Crippen LogP contribution in [0.15, 0.2) is 24.3 Å². The van der Waals surface area contributed by atoms with Crippen molar-refractivity contribution in [2.24, 2.45) is 5.92 Å². The Morgan fingerprint density at radius 3 is 2.48 bits per heavy atom. The molecule has 7 nitrogen and oxygen atoms in total. The van der Waals surface area contributed by atoms with E-state index in [0.717, 1.165) is 49.7 Å². The number of amides is 2. The highest BCUT2D eigenvalue weighted by Crippen LogP contribution is 2.32. The molecule has 0 radical (unpaired) electrons. The zero-order valence-corrected chi connectivity index (χ0v) is 16.3. The highest BCUT2D eigenvalue weighted by molar-refractivity contribution is 7.19. The fourth-order valence-corrected chi connectivity index (χ4v) is 4.47. The Balaban J connectivity index is 1.32. The molecule has 0 unspecified atom stereocenters. The lowest BCUT2D eigenvalue weighted by Gasteiger charge is -2.30. The number of rotatable bonds is 4. The maximum Gasteiger partial charge on any atom is 0.228 e. The molecule has 2 aromatic rings. The van der Waals surface area contributed by atoms with Crippen LogP contribution in [0.25, 0.3) is 0 Å². The molecule has 0 spiro atoms. The highest BCUT2D eigenvalue weighted by atomic mass is 35.5. The summed E-state index contributed by atoms with van der Waals surface area (Å²) in [5, 5.41) is 13.5. The molecular formula is C18H20ClN5O2S. The minimum atomic E-state index is -0.0236. The molecule has 2 amide bonds. The van der Waals surface area contributed by atoms with Crippen molar-refractivity contribution < 1.29 is 9.59 Å². The van der Waals surface area contributed by atoms with Crippen LogP contribution in [0.1, 0.15) is 25.7 Å². The van der Waals surface area contributed by atoms with Crippen LogP contribution in [-0.2, 0) is 9.59 Å². The van der Waals surface area contributed by atoms with Crippen molar-refractivity contribution in [3.63, 3.8) is 0 Å². The van der Waals surface area contributed by atoms with Gasteiger partial charge < -0.3 is 10.2 Å². The molecule has 0 atom stereocenters. The average Bonchev–Trinajstić information content (AvgIpc) is 3.32. The summed E-state index contributed by atoms with van der Waals surface area (Å²) >= 11 is 7.32. The summed E-state index contributed by atoms with van der Waals surface area (Å²) in [6.45, 7) is 2.23. The number of carbonyl (C=O) groups excluding carboxylic acids is 2. The van der Waals surface area contributed by atoms with Gasteiger partial charge in [-0.05, 0) is 43.5 Å². The lowest BCUT2D eigenvalue weighted by atomic mass is 9.96. The van der Waals surface area contributed by atoms with Gasteiger partial charge in [0.25, 0.3) is 0 Å². The summed E-state index contributed by atoms with van der Waals surface area (Å²) in [5.41, 5.74) is 0.760. The van der Waals surface area contributed by atoms with E-state index in [1.165, 1.54) is 11.3 Å². The Kier molecular flexibility index (Phi) is 5.27. The number of hydrogen-bond donors (Lipinski definition) is 1. The number of aromatic nitrogens is 2. The van der Waals surface area contributed by atoms with Crippen molar-refractivity contribution in [3.05, 3.63) is 29.3 Å². The first-order valence-corrected chi connectivity index (χ1v) is 10.2. The molecule has 2 saturated heterocycles. The van der Waals surface area contributed by atoms with E-state index in [4.69, 9.17) is 11.6 Å². The molecule has 1 aromatic heterocycles. The molecule has 1 aromatic carbocycles. The summed E-state index contributed by atoms with van der Waals surface area (Å²) < 4.78 is 0. The van der Waals surface area contributed by atoms with Crippen LogP contribution in [0.2, 0.25) is 5.02 Å². The number of piperidine rings is 1. The van der Waals surface area contributed by atoms with Gasteiger partial charge in [-0.25, -0.2) is 0 Å². The standard InChI is InChI=1S/C18H20ClN5O2S/c19-13-3-5-14(6-4-13)20-16(26)12-7-10-23(11-8-12)17-21-22-18(27-17)24-9-1-2-15(24)25/h3-6,12H,1-2,7-11H2,(H,20,26). The lowest BCUT2D eigenvalue weighted by Crippen LogP contribution is -2.38. The number of nitrogens with zero attached hydrogens (tertiary/aromatic N) is 4. The van der Waals surface area contributed by atoms with Crippen LogP contribution >= 0.6 is 22.9 Å². The van der Waals surface area contributed by atoms with Gasteiger partial charge in [0.1, 0.15) is 0 Å². The van der Waals surface area contributed by atoms with Crippen LogP contribution in [0, 0.1) is 5.92 Å². The van der Waals surface area contributed by atoms with Crippen molar-refractivity contribution >= 4 is 50.7 Å². The second kappa shape index (κ2) is 7.82. The largest absolute Gasteiger partial charge is 0.347 e. The molecule has 1 N–H and O–H groups in total. The van der Waals surface area contributed by atoms with Gasteiger partial charge in [-0.1, -0.05) is 22.9 Å². The molecule has 2 aliphatic heterocycles. The summed E-state index contributed by atoms with van der Waals surface area (Å²) in [6, 6.07) is 7.13. The van der Waals surface area contributed by atoms with Gasteiger partial charge in [0.05, 0.1) is 0 Å². The number of nitrogens with one attached hydrogen (secondary N) is 1. The number of carbonyl (C=O) groups is 2. The Bertz CT molecular complexity index is 833. The van der Waals surface area contributed by atoms with Gasteiger partial charge >= 0.3 is 0 Å². The van der Waals surface area contributed by atoms with Gasteiger partial charge in [0.2, 0.25) is 22.1 Å². The molecule has 27 heavy (non-hydrogen) atoms. The van der Waals surface area contributed by atoms with Gasteiger partial charge in [0, 0.05) is 42.7 Å². The molecule has 142 valence electrons. The fourth-order valence-electron chi connectivity index (χ4n) is 3.41. The maximum atomic E-state index is 12.5. The molecular weight excluding hydrogens is 386 g/mol. The Labute approximate surface area is 166 Å². The summed E-state index contributed by atoms with van der Waals surface area (Å²) in [7, 11) is 0. The van der Waals surface area contributed by atoms with Gasteiger partial charge in [0.15, 0.2) is 0 Å². The van der Waals surface area contributed by atoms with E-state index in [2.05, 4.69) is 20.4 Å². The number of halogens is 1. The molecule has 2 aliphatic rings. The second-order valence-electron chi connectivity index (χ2n) is 6.77. The van der Waals surface area contributed by atoms with Crippen molar-refractivity contribution in [1.29, 1.82) is 0 Å². The first-order valence-electron chi connectivity index (χ1n) is 9.05. The predicted molar refractivity (Wildman–Crippen MR) is 107 cm³/mol. The first kappa shape index (κ1) is 18.2. The smallest absolute Gasteiger partial charge is 0.228 e. The average molecular weight is 406 g/mol. The summed E-state index contributed by atoms with van der Waals surface area (Å²) in [6.07, 6.45) is 2.98. The highest BCUT2D eigenvalue weighted by Gasteiger charge is 2.29. The zero-order valence-electron chi connectivity index (χ0n) is 14.7. The topological polar surface area (TPSA) is 78.4 Å². The normalized spacial score (nSPS) is 18.2. The predicted octanol–water partition coefficient (Wildman–Crippen LogP) is 3.17. The number of anilines is 3. The SMILES string of the molecule is O=C(Nc1ccc(Cl)cc1)C1CCN(c2nnc(N3CCCC3=O)s2)CC1.